The van der Waals surface area contributed by atoms with Crippen LogP contribution in [0.4, 0.5) is 0 Å². The van der Waals surface area contributed by atoms with Crippen LogP contribution in [0.2, 0.25) is 0 Å². The molecule has 4 nitrogen and oxygen atoms in total. The fourth-order valence-electron chi connectivity index (χ4n) is 2.20. The van der Waals surface area contributed by atoms with E-state index in [1.54, 1.807) is 36.4 Å². The van der Waals surface area contributed by atoms with Crippen LogP contribution in [-0.4, -0.2) is 12.6 Å². The zero-order valence-corrected chi connectivity index (χ0v) is 15.5. The van der Waals surface area contributed by atoms with Gasteiger partial charge in [-0.05, 0) is 48.0 Å². The van der Waals surface area contributed by atoms with Gasteiger partial charge in [-0.15, -0.1) is 0 Å². The molecule has 3 aromatic rings. The molecule has 26 heavy (non-hydrogen) atoms. The van der Waals surface area contributed by atoms with Crippen molar-refractivity contribution in [1.29, 1.82) is 0 Å². The van der Waals surface area contributed by atoms with Gasteiger partial charge >= 0.3 is 5.97 Å². The van der Waals surface area contributed by atoms with Crippen LogP contribution in [0.3, 0.4) is 0 Å². The lowest BCUT2D eigenvalue weighted by Crippen LogP contribution is -2.17. The third kappa shape index (κ3) is 5.63. The Morgan fingerprint density at radius 3 is 2.23 bits per heavy atom. The number of rotatable bonds is 7. The second-order valence-corrected chi connectivity index (χ2v) is 6.38. The Morgan fingerprint density at radius 2 is 1.50 bits per heavy atom. The third-order valence-electron chi connectivity index (χ3n) is 3.46. The molecule has 0 bridgehead atoms. The summed E-state index contributed by atoms with van der Waals surface area (Å²) < 4.78 is 17.2. The summed E-state index contributed by atoms with van der Waals surface area (Å²) in [7, 11) is 0. The Kier molecular flexibility index (Phi) is 6.28. The summed E-state index contributed by atoms with van der Waals surface area (Å²) in [5.74, 6) is 1.28. The number of esters is 1. The molecule has 0 saturated carbocycles. The predicted molar refractivity (Wildman–Crippen MR) is 102 cm³/mol. The minimum atomic E-state index is -0.470. The van der Waals surface area contributed by atoms with Crippen LogP contribution in [0.15, 0.2) is 83.3 Å². The molecule has 132 valence electrons. The molecule has 0 radical (unpaired) electrons. The lowest BCUT2D eigenvalue weighted by Gasteiger charge is -2.09. The van der Waals surface area contributed by atoms with Gasteiger partial charge in [0.2, 0.25) is 0 Å². The SMILES string of the molecule is O=C(COc1cccc(Br)c1)Oc1ccc(OCc2ccccc2)cc1. The van der Waals surface area contributed by atoms with Crippen molar-refractivity contribution in [1.82, 2.24) is 0 Å². The van der Waals surface area contributed by atoms with E-state index in [0.29, 0.717) is 23.9 Å². The molecule has 0 fully saturated rings. The van der Waals surface area contributed by atoms with Crippen LogP contribution >= 0.6 is 15.9 Å². The normalized spacial score (nSPS) is 10.2. The standard InChI is InChI=1S/C21H17BrO4/c22-17-7-4-8-20(13-17)25-15-21(23)26-19-11-9-18(10-12-19)24-14-16-5-2-1-3-6-16/h1-13H,14-15H2. The zero-order valence-electron chi connectivity index (χ0n) is 13.9. The maximum atomic E-state index is 11.9. The first-order chi connectivity index (χ1) is 12.7. The first-order valence-corrected chi connectivity index (χ1v) is 8.84. The summed E-state index contributed by atoms with van der Waals surface area (Å²) in [6.45, 7) is 0.323. The second-order valence-electron chi connectivity index (χ2n) is 5.47. The quantitative estimate of drug-likeness (QED) is 0.404. The highest BCUT2D eigenvalue weighted by Crippen LogP contribution is 2.20. The first kappa shape index (κ1) is 18.0. The van der Waals surface area contributed by atoms with E-state index in [1.807, 2.05) is 42.5 Å². The van der Waals surface area contributed by atoms with Gasteiger partial charge in [-0.3, -0.25) is 0 Å². The van der Waals surface area contributed by atoms with Crippen molar-refractivity contribution >= 4 is 21.9 Å². The lowest BCUT2D eigenvalue weighted by molar-refractivity contribution is -0.136. The van der Waals surface area contributed by atoms with Crippen molar-refractivity contribution in [2.75, 3.05) is 6.61 Å². The highest BCUT2D eigenvalue weighted by atomic mass is 79.9. The monoisotopic (exact) mass is 412 g/mol. The molecule has 0 aliphatic carbocycles. The topological polar surface area (TPSA) is 44.8 Å². The maximum absolute atomic E-state index is 11.9. The maximum Gasteiger partial charge on any atom is 0.349 e. The summed E-state index contributed by atoms with van der Waals surface area (Å²) in [4.78, 5) is 11.9. The predicted octanol–water partition coefficient (Wildman–Crippen LogP) is 5.01. The number of carbonyl (C=O) groups is 1. The zero-order chi connectivity index (χ0) is 18.2. The van der Waals surface area contributed by atoms with Crippen molar-refractivity contribution in [3.63, 3.8) is 0 Å². The highest BCUT2D eigenvalue weighted by Gasteiger charge is 2.07. The summed E-state index contributed by atoms with van der Waals surface area (Å²) in [5.41, 5.74) is 1.09. The van der Waals surface area contributed by atoms with Gasteiger partial charge in [0.25, 0.3) is 0 Å². The van der Waals surface area contributed by atoms with Crippen LogP contribution in [0.1, 0.15) is 5.56 Å². The number of carbonyl (C=O) groups excluding carboxylic acids is 1. The largest absolute Gasteiger partial charge is 0.489 e. The van der Waals surface area contributed by atoms with Crippen LogP contribution in [0.25, 0.3) is 0 Å². The smallest absolute Gasteiger partial charge is 0.349 e. The fourth-order valence-corrected chi connectivity index (χ4v) is 2.58. The number of benzene rings is 3. The van der Waals surface area contributed by atoms with Gasteiger partial charge in [0.15, 0.2) is 6.61 Å². The van der Waals surface area contributed by atoms with Crippen LogP contribution in [0.5, 0.6) is 17.2 Å². The second kappa shape index (κ2) is 9.06. The molecule has 0 saturated heterocycles. The van der Waals surface area contributed by atoms with Gasteiger partial charge in [0.1, 0.15) is 23.9 Å². The van der Waals surface area contributed by atoms with E-state index in [-0.39, 0.29) is 6.61 Å². The minimum absolute atomic E-state index is 0.164. The van der Waals surface area contributed by atoms with E-state index in [0.717, 1.165) is 10.0 Å². The molecule has 5 heteroatoms. The van der Waals surface area contributed by atoms with Gasteiger partial charge in [-0.2, -0.15) is 0 Å². The Labute approximate surface area is 160 Å². The van der Waals surface area contributed by atoms with Gasteiger partial charge in [-0.1, -0.05) is 52.3 Å². The molecule has 0 atom stereocenters. The van der Waals surface area contributed by atoms with Gasteiger partial charge in [0.05, 0.1) is 0 Å². The van der Waals surface area contributed by atoms with Crippen molar-refractivity contribution in [3.8, 4) is 17.2 Å². The number of halogens is 1. The molecule has 0 amide bonds. The summed E-state index contributed by atoms with van der Waals surface area (Å²) in [5, 5.41) is 0. The fraction of sp³-hybridized carbons (Fsp3) is 0.0952. The van der Waals surface area contributed by atoms with Crippen molar-refractivity contribution in [3.05, 3.63) is 88.9 Å². The molecule has 0 heterocycles. The molecule has 0 aliphatic rings. The van der Waals surface area contributed by atoms with Crippen molar-refractivity contribution in [2.24, 2.45) is 0 Å². The molecule has 3 rings (SSSR count). The van der Waals surface area contributed by atoms with Crippen LogP contribution in [0, 0.1) is 0 Å². The van der Waals surface area contributed by atoms with Crippen molar-refractivity contribution < 1.29 is 19.0 Å². The number of ether oxygens (including phenoxy) is 3. The molecular formula is C21H17BrO4. The van der Waals surface area contributed by atoms with Crippen molar-refractivity contribution in [2.45, 2.75) is 6.61 Å². The van der Waals surface area contributed by atoms with E-state index in [2.05, 4.69) is 15.9 Å². The Bertz CT molecular complexity index is 847. The number of hydrogen-bond acceptors (Lipinski definition) is 4. The van der Waals surface area contributed by atoms with E-state index < -0.39 is 5.97 Å². The molecule has 0 N–H and O–H groups in total. The molecule has 0 aromatic heterocycles. The van der Waals surface area contributed by atoms with Gasteiger partial charge in [0, 0.05) is 4.47 Å². The van der Waals surface area contributed by atoms with Gasteiger partial charge < -0.3 is 14.2 Å². The summed E-state index contributed by atoms with van der Waals surface area (Å²) >= 11 is 3.35. The third-order valence-corrected chi connectivity index (χ3v) is 3.95. The minimum Gasteiger partial charge on any atom is -0.489 e. The highest BCUT2D eigenvalue weighted by molar-refractivity contribution is 9.10. The Hall–Kier alpha value is -2.79. The van der Waals surface area contributed by atoms with Crippen LogP contribution < -0.4 is 14.2 Å². The Balaban J connectivity index is 1.46. The average Bonchev–Trinajstić information content (AvgIpc) is 2.67. The lowest BCUT2D eigenvalue weighted by atomic mass is 10.2. The molecular weight excluding hydrogens is 396 g/mol. The average molecular weight is 413 g/mol. The van der Waals surface area contributed by atoms with E-state index in [4.69, 9.17) is 14.2 Å². The Morgan fingerprint density at radius 1 is 0.769 bits per heavy atom. The van der Waals surface area contributed by atoms with E-state index in [1.165, 1.54) is 0 Å². The molecule has 3 aromatic carbocycles. The van der Waals surface area contributed by atoms with Crippen LogP contribution in [-0.2, 0) is 11.4 Å². The van der Waals surface area contributed by atoms with E-state index >= 15 is 0 Å². The number of hydrogen-bond donors (Lipinski definition) is 0. The van der Waals surface area contributed by atoms with E-state index in [9.17, 15) is 4.79 Å². The molecule has 0 aliphatic heterocycles. The first-order valence-electron chi connectivity index (χ1n) is 8.05. The van der Waals surface area contributed by atoms with Gasteiger partial charge in [-0.25, -0.2) is 4.79 Å². The molecule has 0 spiro atoms. The summed E-state index contributed by atoms with van der Waals surface area (Å²) in [6.07, 6.45) is 0. The summed E-state index contributed by atoms with van der Waals surface area (Å²) in [6, 6.07) is 24.1. The molecule has 0 unspecified atom stereocenters.